The Balaban J connectivity index is 2.60. The van der Waals surface area contributed by atoms with E-state index in [4.69, 9.17) is 5.11 Å². The van der Waals surface area contributed by atoms with E-state index in [0.29, 0.717) is 12.8 Å². The standard InChI is InChI=1S/C8H14O5S/c9-7(10)2-4-8(11)3-1-5-14(12,13)6-8/h11H,1-6H2,(H,9,10). The smallest absolute Gasteiger partial charge is 0.303 e. The minimum absolute atomic E-state index is 0.0154. The number of hydrogen-bond acceptors (Lipinski definition) is 4. The van der Waals surface area contributed by atoms with E-state index in [1.54, 1.807) is 0 Å². The Hall–Kier alpha value is -0.620. The van der Waals surface area contributed by atoms with Crippen LogP contribution >= 0.6 is 0 Å². The summed E-state index contributed by atoms with van der Waals surface area (Å²) in [5.74, 6) is -1.21. The second kappa shape index (κ2) is 3.86. The monoisotopic (exact) mass is 222 g/mol. The fraction of sp³-hybridized carbons (Fsp3) is 0.875. The predicted octanol–water partition coefficient (Wildman–Crippen LogP) is -0.209. The van der Waals surface area contributed by atoms with Crippen LogP contribution in [0.5, 0.6) is 0 Å². The highest BCUT2D eigenvalue weighted by Crippen LogP contribution is 2.27. The van der Waals surface area contributed by atoms with Crippen molar-refractivity contribution < 1.29 is 23.4 Å². The van der Waals surface area contributed by atoms with Crippen LogP contribution in [0.1, 0.15) is 25.7 Å². The maximum absolute atomic E-state index is 11.2. The van der Waals surface area contributed by atoms with Gasteiger partial charge >= 0.3 is 5.97 Å². The molecule has 1 rings (SSSR count). The Morgan fingerprint density at radius 1 is 1.43 bits per heavy atom. The Morgan fingerprint density at radius 2 is 2.07 bits per heavy atom. The fourth-order valence-corrected chi connectivity index (χ4v) is 3.55. The van der Waals surface area contributed by atoms with Gasteiger partial charge in [0.15, 0.2) is 9.84 Å². The maximum Gasteiger partial charge on any atom is 0.303 e. The number of aliphatic hydroxyl groups is 1. The molecule has 1 aliphatic rings. The molecule has 2 N–H and O–H groups in total. The average molecular weight is 222 g/mol. The zero-order valence-electron chi connectivity index (χ0n) is 7.77. The number of carboxylic acid groups (broad SMARTS) is 1. The molecule has 0 bridgehead atoms. The van der Waals surface area contributed by atoms with E-state index in [-0.39, 0.29) is 24.3 Å². The maximum atomic E-state index is 11.2. The Morgan fingerprint density at radius 3 is 2.57 bits per heavy atom. The summed E-state index contributed by atoms with van der Waals surface area (Å²) in [5, 5.41) is 18.2. The van der Waals surface area contributed by atoms with Gasteiger partial charge in [0.25, 0.3) is 0 Å². The van der Waals surface area contributed by atoms with Gasteiger partial charge in [-0.3, -0.25) is 4.79 Å². The van der Waals surface area contributed by atoms with Gasteiger partial charge in [-0.2, -0.15) is 0 Å². The van der Waals surface area contributed by atoms with Gasteiger partial charge < -0.3 is 10.2 Å². The van der Waals surface area contributed by atoms with Crippen molar-refractivity contribution in [3.05, 3.63) is 0 Å². The zero-order valence-corrected chi connectivity index (χ0v) is 8.59. The predicted molar refractivity (Wildman–Crippen MR) is 49.7 cm³/mol. The molecule has 0 aromatic carbocycles. The molecule has 82 valence electrons. The third kappa shape index (κ3) is 3.26. The summed E-state index contributed by atoms with van der Waals surface area (Å²) in [4.78, 5) is 10.3. The highest BCUT2D eigenvalue weighted by atomic mass is 32.2. The summed E-state index contributed by atoms with van der Waals surface area (Å²) in [6, 6.07) is 0. The topological polar surface area (TPSA) is 91.7 Å². The van der Waals surface area contributed by atoms with Crippen LogP contribution in [0.25, 0.3) is 0 Å². The van der Waals surface area contributed by atoms with Crippen LogP contribution in [0.15, 0.2) is 0 Å². The van der Waals surface area contributed by atoms with Crippen LogP contribution in [0.4, 0.5) is 0 Å². The molecule has 0 spiro atoms. The molecule has 1 unspecified atom stereocenters. The second-order valence-electron chi connectivity index (χ2n) is 3.81. The first-order valence-electron chi connectivity index (χ1n) is 4.48. The van der Waals surface area contributed by atoms with E-state index in [0.717, 1.165) is 0 Å². The molecule has 5 nitrogen and oxygen atoms in total. The number of hydrogen-bond donors (Lipinski definition) is 2. The number of rotatable bonds is 3. The van der Waals surface area contributed by atoms with Crippen molar-refractivity contribution >= 4 is 15.8 Å². The van der Waals surface area contributed by atoms with E-state index in [2.05, 4.69) is 0 Å². The Labute approximate surface area is 82.7 Å². The van der Waals surface area contributed by atoms with Gasteiger partial charge in [-0.05, 0) is 19.3 Å². The number of sulfone groups is 1. The lowest BCUT2D eigenvalue weighted by Gasteiger charge is -2.31. The van der Waals surface area contributed by atoms with E-state index in [1.807, 2.05) is 0 Å². The van der Waals surface area contributed by atoms with Crippen molar-refractivity contribution in [2.45, 2.75) is 31.3 Å². The zero-order chi connectivity index (χ0) is 10.8. The van der Waals surface area contributed by atoms with Crippen LogP contribution in [-0.4, -0.2) is 41.7 Å². The highest BCUT2D eigenvalue weighted by Gasteiger charge is 2.37. The molecule has 0 aromatic rings. The molecule has 0 amide bonds. The van der Waals surface area contributed by atoms with Crippen molar-refractivity contribution in [1.29, 1.82) is 0 Å². The third-order valence-corrected chi connectivity index (χ3v) is 4.28. The van der Waals surface area contributed by atoms with E-state index in [1.165, 1.54) is 0 Å². The summed E-state index contributed by atoms with van der Waals surface area (Å²) < 4.78 is 22.4. The SMILES string of the molecule is O=C(O)CCC1(O)CCCS(=O)(=O)C1. The molecule has 1 heterocycles. The van der Waals surface area contributed by atoms with Crippen LogP contribution in [0.2, 0.25) is 0 Å². The normalized spacial score (nSPS) is 31.2. The van der Waals surface area contributed by atoms with E-state index in [9.17, 15) is 18.3 Å². The summed E-state index contributed by atoms with van der Waals surface area (Å²) in [6.07, 6.45) is 0.617. The number of carboxylic acids is 1. The number of carbonyl (C=O) groups is 1. The molecule has 0 aliphatic carbocycles. The summed E-state index contributed by atoms with van der Waals surface area (Å²) in [6.45, 7) is 0. The van der Waals surface area contributed by atoms with Crippen molar-refractivity contribution in [2.75, 3.05) is 11.5 Å². The van der Waals surface area contributed by atoms with Crippen molar-refractivity contribution in [3.8, 4) is 0 Å². The molecule has 0 aromatic heterocycles. The summed E-state index contributed by atoms with van der Waals surface area (Å²) in [7, 11) is -3.18. The van der Waals surface area contributed by atoms with Crippen LogP contribution in [-0.2, 0) is 14.6 Å². The van der Waals surface area contributed by atoms with Gasteiger partial charge in [-0.25, -0.2) is 8.42 Å². The minimum atomic E-state index is -3.18. The molecule has 1 saturated heterocycles. The quantitative estimate of drug-likeness (QED) is 0.689. The van der Waals surface area contributed by atoms with Crippen molar-refractivity contribution in [3.63, 3.8) is 0 Å². The second-order valence-corrected chi connectivity index (χ2v) is 6.00. The van der Waals surface area contributed by atoms with Crippen molar-refractivity contribution in [1.82, 2.24) is 0 Å². The van der Waals surface area contributed by atoms with E-state index < -0.39 is 21.4 Å². The van der Waals surface area contributed by atoms with Gasteiger partial charge in [0.2, 0.25) is 0 Å². The van der Waals surface area contributed by atoms with Crippen LogP contribution in [0.3, 0.4) is 0 Å². The lowest BCUT2D eigenvalue weighted by molar-refractivity contribution is -0.138. The lowest BCUT2D eigenvalue weighted by Crippen LogP contribution is -2.42. The highest BCUT2D eigenvalue weighted by molar-refractivity contribution is 7.91. The molecule has 1 fully saturated rings. The molecular weight excluding hydrogens is 208 g/mol. The first-order chi connectivity index (χ1) is 6.33. The molecular formula is C8H14O5S. The molecule has 1 aliphatic heterocycles. The fourth-order valence-electron chi connectivity index (χ4n) is 1.71. The van der Waals surface area contributed by atoms with E-state index >= 15 is 0 Å². The Bertz CT molecular complexity index is 321. The van der Waals surface area contributed by atoms with Crippen LogP contribution < -0.4 is 0 Å². The van der Waals surface area contributed by atoms with Gasteiger partial charge in [0, 0.05) is 6.42 Å². The van der Waals surface area contributed by atoms with Crippen molar-refractivity contribution in [2.24, 2.45) is 0 Å². The van der Waals surface area contributed by atoms with Crippen LogP contribution in [0, 0.1) is 0 Å². The van der Waals surface area contributed by atoms with Gasteiger partial charge in [0.1, 0.15) is 0 Å². The third-order valence-electron chi connectivity index (χ3n) is 2.39. The summed E-state index contributed by atoms with van der Waals surface area (Å²) >= 11 is 0. The molecule has 0 radical (unpaired) electrons. The van der Waals surface area contributed by atoms with Gasteiger partial charge in [-0.15, -0.1) is 0 Å². The average Bonchev–Trinajstić information content (AvgIpc) is 1.98. The Kier molecular flexibility index (Phi) is 3.16. The largest absolute Gasteiger partial charge is 0.481 e. The minimum Gasteiger partial charge on any atom is -0.481 e. The molecule has 14 heavy (non-hydrogen) atoms. The molecule has 0 saturated carbocycles. The van der Waals surface area contributed by atoms with Gasteiger partial charge in [-0.1, -0.05) is 0 Å². The molecule has 1 atom stereocenters. The first-order valence-corrected chi connectivity index (χ1v) is 6.30. The van der Waals surface area contributed by atoms with Gasteiger partial charge in [0.05, 0.1) is 17.1 Å². The molecule has 6 heteroatoms. The summed E-state index contributed by atoms with van der Waals surface area (Å²) in [5.41, 5.74) is -1.32. The first kappa shape index (κ1) is 11.5. The lowest BCUT2D eigenvalue weighted by atomic mass is 9.94. The number of aliphatic carboxylic acids is 1.